The molecule has 0 bridgehead atoms. The second-order valence-corrected chi connectivity index (χ2v) is 3.95. The van der Waals surface area contributed by atoms with Crippen molar-refractivity contribution in [3.05, 3.63) is 48.5 Å². The number of aromatic hydroxyl groups is 1. The van der Waals surface area contributed by atoms with E-state index in [-0.39, 0.29) is 0 Å². The van der Waals surface area contributed by atoms with Crippen LogP contribution in [0.4, 0.5) is 0 Å². The molecule has 4 heteroatoms. The SMILES string of the molecule is Cc1cc(-c2cnc3cnccn23)ccc1O. The van der Waals surface area contributed by atoms with Gasteiger partial charge in [-0.2, -0.15) is 0 Å². The number of nitrogens with zero attached hydrogens (tertiary/aromatic N) is 3. The number of aryl methyl sites for hydroxylation is 1. The lowest BCUT2D eigenvalue weighted by Gasteiger charge is -2.04. The summed E-state index contributed by atoms with van der Waals surface area (Å²) in [5, 5.41) is 9.52. The van der Waals surface area contributed by atoms with E-state index in [0.29, 0.717) is 5.75 Å². The first kappa shape index (κ1) is 9.84. The molecule has 0 aliphatic heterocycles. The van der Waals surface area contributed by atoms with Crippen molar-refractivity contribution in [2.75, 3.05) is 0 Å². The molecule has 17 heavy (non-hydrogen) atoms. The smallest absolute Gasteiger partial charge is 0.155 e. The van der Waals surface area contributed by atoms with Gasteiger partial charge in [0.05, 0.1) is 18.1 Å². The van der Waals surface area contributed by atoms with Gasteiger partial charge >= 0.3 is 0 Å². The fourth-order valence-corrected chi connectivity index (χ4v) is 1.87. The number of imidazole rings is 1. The first-order valence-corrected chi connectivity index (χ1v) is 5.33. The molecule has 0 radical (unpaired) electrons. The van der Waals surface area contributed by atoms with Crippen molar-refractivity contribution >= 4 is 5.65 Å². The van der Waals surface area contributed by atoms with E-state index in [1.165, 1.54) is 0 Å². The second kappa shape index (κ2) is 3.59. The molecule has 3 aromatic rings. The van der Waals surface area contributed by atoms with Crippen LogP contribution in [0.5, 0.6) is 5.75 Å². The summed E-state index contributed by atoms with van der Waals surface area (Å²) in [6, 6.07) is 5.52. The molecule has 0 unspecified atom stereocenters. The van der Waals surface area contributed by atoms with Crippen LogP contribution >= 0.6 is 0 Å². The Kier molecular flexibility index (Phi) is 2.08. The number of aromatic nitrogens is 3. The molecule has 1 aromatic carbocycles. The predicted molar refractivity (Wildman–Crippen MR) is 64.8 cm³/mol. The molecule has 3 rings (SSSR count). The maximum atomic E-state index is 9.52. The van der Waals surface area contributed by atoms with Gasteiger partial charge in [-0.15, -0.1) is 0 Å². The van der Waals surface area contributed by atoms with Crippen LogP contribution in [0.3, 0.4) is 0 Å². The summed E-state index contributed by atoms with van der Waals surface area (Å²) < 4.78 is 1.97. The van der Waals surface area contributed by atoms with Gasteiger partial charge in [0.1, 0.15) is 5.75 Å². The largest absolute Gasteiger partial charge is 0.508 e. The fraction of sp³-hybridized carbons (Fsp3) is 0.0769. The zero-order chi connectivity index (χ0) is 11.8. The van der Waals surface area contributed by atoms with E-state index in [4.69, 9.17) is 0 Å². The lowest BCUT2D eigenvalue weighted by molar-refractivity contribution is 0.471. The average Bonchev–Trinajstić information content (AvgIpc) is 2.76. The normalized spacial score (nSPS) is 10.9. The van der Waals surface area contributed by atoms with Crippen LogP contribution in [0.15, 0.2) is 43.0 Å². The summed E-state index contributed by atoms with van der Waals surface area (Å²) >= 11 is 0. The highest BCUT2D eigenvalue weighted by atomic mass is 16.3. The molecule has 0 aliphatic rings. The van der Waals surface area contributed by atoms with Crippen molar-refractivity contribution in [2.24, 2.45) is 0 Å². The molecule has 0 amide bonds. The number of hydrogen-bond acceptors (Lipinski definition) is 3. The maximum absolute atomic E-state index is 9.52. The van der Waals surface area contributed by atoms with Crippen molar-refractivity contribution in [3.8, 4) is 17.0 Å². The standard InChI is InChI=1S/C13H11N3O/c1-9-6-10(2-3-12(9)17)11-7-15-13-8-14-4-5-16(11)13/h2-8,17H,1H3. The van der Waals surface area contributed by atoms with E-state index in [1.54, 1.807) is 18.5 Å². The van der Waals surface area contributed by atoms with Crippen LogP contribution in [0.25, 0.3) is 16.9 Å². The maximum Gasteiger partial charge on any atom is 0.155 e. The molecule has 2 aromatic heterocycles. The van der Waals surface area contributed by atoms with Crippen LogP contribution in [0.1, 0.15) is 5.56 Å². The molecule has 0 saturated carbocycles. The van der Waals surface area contributed by atoms with Crippen LogP contribution in [-0.4, -0.2) is 19.5 Å². The molecular weight excluding hydrogens is 214 g/mol. The minimum Gasteiger partial charge on any atom is -0.508 e. The number of fused-ring (bicyclic) bond motifs is 1. The topological polar surface area (TPSA) is 50.4 Å². The Hall–Kier alpha value is -2.36. The van der Waals surface area contributed by atoms with Gasteiger partial charge in [0, 0.05) is 18.0 Å². The van der Waals surface area contributed by atoms with Crippen LogP contribution in [0.2, 0.25) is 0 Å². The molecule has 1 N–H and O–H groups in total. The van der Waals surface area contributed by atoms with Crippen molar-refractivity contribution < 1.29 is 5.11 Å². The van der Waals surface area contributed by atoms with Crippen molar-refractivity contribution in [1.29, 1.82) is 0 Å². The Labute approximate surface area is 98.2 Å². The van der Waals surface area contributed by atoms with Crippen molar-refractivity contribution in [1.82, 2.24) is 14.4 Å². The van der Waals surface area contributed by atoms with Gasteiger partial charge in [0.15, 0.2) is 5.65 Å². The Morgan fingerprint density at radius 3 is 2.94 bits per heavy atom. The second-order valence-electron chi connectivity index (χ2n) is 3.95. The molecule has 0 saturated heterocycles. The molecule has 4 nitrogen and oxygen atoms in total. The summed E-state index contributed by atoms with van der Waals surface area (Å²) in [5.41, 5.74) is 3.68. The lowest BCUT2D eigenvalue weighted by Crippen LogP contribution is -1.88. The van der Waals surface area contributed by atoms with Gasteiger partial charge in [-0.25, -0.2) is 4.98 Å². The predicted octanol–water partition coefficient (Wildman–Crippen LogP) is 2.41. The van der Waals surface area contributed by atoms with Crippen LogP contribution < -0.4 is 0 Å². The number of phenolic OH excluding ortho intramolecular Hbond substituents is 1. The summed E-state index contributed by atoms with van der Waals surface area (Å²) in [7, 11) is 0. The summed E-state index contributed by atoms with van der Waals surface area (Å²) in [6.45, 7) is 1.88. The van der Waals surface area contributed by atoms with Gasteiger partial charge in [0.25, 0.3) is 0 Å². The first-order chi connectivity index (χ1) is 8.25. The Bertz CT molecular complexity index is 688. The van der Waals surface area contributed by atoms with E-state index >= 15 is 0 Å². The van der Waals surface area contributed by atoms with Gasteiger partial charge in [-0.3, -0.25) is 9.38 Å². The number of hydrogen-bond donors (Lipinski definition) is 1. The lowest BCUT2D eigenvalue weighted by atomic mass is 10.1. The third-order valence-electron chi connectivity index (χ3n) is 2.81. The average molecular weight is 225 g/mol. The van der Waals surface area contributed by atoms with E-state index < -0.39 is 0 Å². The summed E-state index contributed by atoms with van der Waals surface area (Å²) in [6.07, 6.45) is 7.13. The monoisotopic (exact) mass is 225 g/mol. The van der Waals surface area contributed by atoms with Gasteiger partial charge in [-0.1, -0.05) is 0 Å². The zero-order valence-corrected chi connectivity index (χ0v) is 9.33. The molecule has 2 heterocycles. The van der Waals surface area contributed by atoms with Crippen LogP contribution in [-0.2, 0) is 0 Å². The Balaban J connectivity index is 2.24. The fourth-order valence-electron chi connectivity index (χ4n) is 1.87. The highest BCUT2D eigenvalue weighted by Crippen LogP contribution is 2.25. The van der Waals surface area contributed by atoms with Crippen LogP contribution in [0, 0.1) is 6.92 Å². The van der Waals surface area contributed by atoms with Gasteiger partial charge < -0.3 is 5.11 Å². The minimum absolute atomic E-state index is 0.309. The molecule has 0 atom stereocenters. The highest BCUT2D eigenvalue weighted by Gasteiger charge is 2.06. The number of rotatable bonds is 1. The third kappa shape index (κ3) is 1.54. The van der Waals surface area contributed by atoms with E-state index in [2.05, 4.69) is 9.97 Å². The summed E-state index contributed by atoms with van der Waals surface area (Å²) in [5.74, 6) is 0.309. The van der Waals surface area contributed by atoms with E-state index in [9.17, 15) is 5.11 Å². The Morgan fingerprint density at radius 2 is 2.12 bits per heavy atom. The molecular formula is C13H11N3O. The third-order valence-corrected chi connectivity index (χ3v) is 2.81. The number of phenols is 1. The summed E-state index contributed by atoms with van der Waals surface area (Å²) in [4.78, 5) is 8.31. The van der Waals surface area contributed by atoms with Crippen molar-refractivity contribution in [2.45, 2.75) is 6.92 Å². The van der Waals surface area contributed by atoms with Gasteiger partial charge in [-0.05, 0) is 30.7 Å². The first-order valence-electron chi connectivity index (χ1n) is 5.33. The van der Waals surface area contributed by atoms with E-state index in [1.807, 2.05) is 35.9 Å². The molecule has 0 aliphatic carbocycles. The highest BCUT2D eigenvalue weighted by molar-refractivity contribution is 5.65. The zero-order valence-electron chi connectivity index (χ0n) is 9.33. The van der Waals surface area contributed by atoms with E-state index in [0.717, 1.165) is 22.5 Å². The molecule has 84 valence electrons. The molecule has 0 spiro atoms. The quantitative estimate of drug-likeness (QED) is 0.691. The minimum atomic E-state index is 0.309. The van der Waals surface area contributed by atoms with Gasteiger partial charge in [0.2, 0.25) is 0 Å². The Morgan fingerprint density at radius 1 is 1.24 bits per heavy atom. The number of benzene rings is 1. The van der Waals surface area contributed by atoms with Crippen molar-refractivity contribution in [3.63, 3.8) is 0 Å². The molecule has 0 fully saturated rings.